The van der Waals surface area contributed by atoms with Crippen LogP contribution in [0.4, 0.5) is 17.6 Å². The average molecular weight is 566 g/mol. The Kier molecular flexibility index (Phi) is 10.0. The fourth-order valence-electron chi connectivity index (χ4n) is 4.52. The number of amides is 1. The van der Waals surface area contributed by atoms with Crippen LogP contribution < -0.4 is 0 Å². The summed E-state index contributed by atoms with van der Waals surface area (Å²) in [6.07, 6.45) is -2.79. The van der Waals surface area contributed by atoms with Crippen molar-refractivity contribution in [3.63, 3.8) is 0 Å². The van der Waals surface area contributed by atoms with E-state index in [1.54, 1.807) is 13.8 Å². The molecule has 0 radical (unpaired) electrons. The van der Waals surface area contributed by atoms with Crippen molar-refractivity contribution in [3.05, 3.63) is 82.2 Å². The lowest BCUT2D eigenvalue weighted by atomic mass is 9.95. The van der Waals surface area contributed by atoms with Gasteiger partial charge in [-0.25, -0.2) is 22.2 Å². The van der Waals surface area contributed by atoms with E-state index in [2.05, 4.69) is 5.10 Å². The van der Waals surface area contributed by atoms with Crippen LogP contribution >= 0.6 is 0 Å². The van der Waals surface area contributed by atoms with Gasteiger partial charge in [0.05, 0.1) is 24.3 Å². The summed E-state index contributed by atoms with van der Waals surface area (Å²) in [5, 5.41) is 33.7. The van der Waals surface area contributed by atoms with E-state index in [9.17, 15) is 37.4 Å². The van der Waals surface area contributed by atoms with Crippen molar-refractivity contribution in [1.82, 2.24) is 14.7 Å². The summed E-state index contributed by atoms with van der Waals surface area (Å²) in [5.74, 6) is -6.29. The van der Waals surface area contributed by atoms with Crippen molar-refractivity contribution >= 4 is 11.9 Å². The predicted octanol–water partition coefficient (Wildman–Crippen LogP) is 4.34. The van der Waals surface area contributed by atoms with Crippen molar-refractivity contribution in [2.45, 2.75) is 64.2 Å². The second-order valence-electron chi connectivity index (χ2n) is 9.95. The Morgan fingerprint density at radius 3 is 2.25 bits per heavy atom. The van der Waals surface area contributed by atoms with Crippen LogP contribution in [0.15, 0.2) is 36.4 Å². The first-order chi connectivity index (χ1) is 18.8. The number of aliphatic carboxylic acids is 1. The second kappa shape index (κ2) is 13.1. The van der Waals surface area contributed by atoms with Crippen LogP contribution in [0.3, 0.4) is 0 Å². The van der Waals surface area contributed by atoms with E-state index in [1.807, 2.05) is 0 Å². The molecule has 0 saturated heterocycles. The van der Waals surface area contributed by atoms with Crippen LogP contribution in [0, 0.1) is 23.3 Å². The Bertz CT molecular complexity index is 1360. The lowest BCUT2D eigenvalue weighted by Crippen LogP contribution is -2.28. The number of nitrogens with zero attached hydrogens (tertiary/aromatic N) is 3. The maximum Gasteiger partial charge on any atom is 0.305 e. The normalized spacial score (nSPS) is 12.9. The molecule has 3 rings (SSSR count). The third-order valence-corrected chi connectivity index (χ3v) is 6.36. The van der Waals surface area contributed by atoms with Gasteiger partial charge in [-0.3, -0.25) is 9.59 Å². The van der Waals surface area contributed by atoms with E-state index < -0.39 is 60.3 Å². The molecule has 8 nitrogen and oxygen atoms in total. The molecule has 0 aliphatic rings. The molecule has 0 aliphatic carbocycles. The molecule has 0 saturated carbocycles. The Balaban J connectivity index is 1.98. The number of carbonyl (C=O) groups excluding carboxylic acids is 1. The fraction of sp³-hybridized carbons (Fsp3) is 0.393. The number of carboxylic acid groups (broad SMARTS) is 1. The summed E-state index contributed by atoms with van der Waals surface area (Å²) in [5.41, 5.74) is 1.03. The van der Waals surface area contributed by atoms with Crippen molar-refractivity contribution in [2.24, 2.45) is 0 Å². The van der Waals surface area contributed by atoms with E-state index in [-0.39, 0.29) is 36.4 Å². The van der Waals surface area contributed by atoms with Gasteiger partial charge in [0, 0.05) is 36.5 Å². The minimum atomic E-state index is -1.38. The van der Waals surface area contributed by atoms with Crippen LogP contribution in [0.25, 0.3) is 5.69 Å². The van der Waals surface area contributed by atoms with Crippen molar-refractivity contribution in [1.29, 1.82) is 0 Å². The summed E-state index contributed by atoms with van der Waals surface area (Å²) in [6, 6.07) is 6.53. The maximum atomic E-state index is 14.3. The van der Waals surface area contributed by atoms with Gasteiger partial charge >= 0.3 is 5.97 Å². The molecule has 0 unspecified atom stereocenters. The second-order valence-corrected chi connectivity index (χ2v) is 9.95. The molecule has 1 heterocycles. The quantitative estimate of drug-likeness (QED) is 0.222. The van der Waals surface area contributed by atoms with E-state index >= 15 is 0 Å². The highest BCUT2D eigenvalue weighted by molar-refractivity contribution is 5.94. The van der Waals surface area contributed by atoms with Crippen molar-refractivity contribution in [3.8, 4) is 5.69 Å². The van der Waals surface area contributed by atoms with E-state index in [0.29, 0.717) is 23.0 Å². The SMILES string of the molecule is CC(C)c1c(C(=O)N(C)Cc2cc(F)cc(F)c2F)nn(-c2ccc(F)cc2)c1CC[C@@H](O)C[C@@H](O)CC(=O)O. The van der Waals surface area contributed by atoms with Crippen LogP contribution in [0.1, 0.15) is 66.3 Å². The van der Waals surface area contributed by atoms with Crippen molar-refractivity contribution in [2.75, 3.05) is 7.05 Å². The highest BCUT2D eigenvalue weighted by atomic mass is 19.2. The molecule has 3 N–H and O–H groups in total. The van der Waals surface area contributed by atoms with Crippen LogP contribution in [0.2, 0.25) is 0 Å². The molecule has 0 aliphatic heterocycles. The molecular weight excluding hydrogens is 534 g/mol. The summed E-state index contributed by atoms with van der Waals surface area (Å²) in [7, 11) is 1.33. The molecule has 0 fully saturated rings. The molecular formula is C28H31F4N3O5. The average Bonchev–Trinajstić information content (AvgIpc) is 3.24. The zero-order valence-corrected chi connectivity index (χ0v) is 22.2. The lowest BCUT2D eigenvalue weighted by Gasteiger charge is -2.19. The van der Waals surface area contributed by atoms with Crippen LogP contribution in [0.5, 0.6) is 0 Å². The lowest BCUT2D eigenvalue weighted by molar-refractivity contribution is -0.139. The smallest absolute Gasteiger partial charge is 0.305 e. The number of aliphatic hydroxyl groups excluding tert-OH is 2. The number of hydrogen-bond donors (Lipinski definition) is 3. The number of hydrogen-bond acceptors (Lipinski definition) is 5. The first-order valence-corrected chi connectivity index (χ1v) is 12.6. The minimum Gasteiger partial charge on any atom is -0.481 e. The molecule has 2 aromatic carbocycles. The maximum absolute atomic E-state index is 14.3. The molecule has 0 spiro atoms. The summed E-state index contributed by atoms with van der Waals surface area (Å²) < 4.78 is 56.8. The van der Waals surface area contributed by atoms with Gasteiger partial charge in [-0.15, -0.1) is 0 Å². The van der Waals surface area contributed by atoms with Gasteiger partial charge in [-0.05, 0) is 55.5 Å². The van der Waals surface area contributed by atoms with Gasteiger partial charge in [-0.1, -0.05) is 13.8 Å². The molecule has 3 aromatic rings. The summed E-state index contributed by atoms with van der Waals surface area (Å²) >= 11 is 0. The topological polar surface area (TPSA) is 116 Å². The number of aliphatic hydroxyl groups is 2. The largest absolute Gasteiger partial charge is 0.481 e. The summed E-state index contributed by atoms with van der Waals surface area (Å²) in [6.45, 7) is 3.16. The number of halogens is 4. The third kappa shape index (κ3) is 7.45. The minimum absolute atomic E-state index is 0.0190. The summed E-state index contributed by atoms with van der Waals surface area (Å²) in [4.78, 5) is 25.4. The van der Waals surface area contributed by atoms with Gasteiger partial charge in [0.25, 0.3) is 5.91 Å². The molecule has 1 aromatic heterocycles. The number of carbonyl (C=O) groups is 2. The molecule has 1 amide bonds. The molecule has 40 heavy (non-hydrogen) atoms. The third-order valence-electron chi connectivity index (χ3n) is 6.36. The van der Waals surface area contributed by atoms with E-state index in [1.165, 1.54) is 36.0 Å². The predicted molar refractivity (Wildman–Crippen MR) is 137 cm³/mol. The monoisotopic (exact) mass is 565 g/mol. The molecule has 12 heteroatoms. The fourth-order valence-corrected chi connectivity index (χ4v) is 4.52. The molecule has 0 bridgehead atoms. The first kappa shape index (κ1) is 30.8. The zero-order chi connectivity index (χ0) is 29.7. The van der Waals surface area contributed by atoms with Crippen LogP contribution in [-0.4, -0.2) is 61.1 Å². The van der Waals surface area contributed by atoms with E-state index in [0.717, 1.165) is 11.0 Å². The van der Waals surface area contributed by atoms with Crippen molar-refractivity contribution < 1.29 is 42.5 Å². The highest BCUT2D eigenvalue weighted by Gasteiger charge is 2.29. The van der Waals surface area contributed by atoms with Gasteiger partial charge in [0.2, 0.25) is 0 Å². The van der Waals surface area contributed by atoms with Gasteiger partial charge in [0.15, 0.2) is 17.3 Å². The number of rotatable bonds is 12. The van der Waals surface area contributed by atoms with Gasteiger partial charge in [0.1, 0.15) is 11.6 Å². The first-order valence-electron chi connectivity index (χ1n) is 12.6. The number of carboxylic acids is 1. The van der Waals surface area contributed by atoms with E-state index in [4.69, 9.17) is 5.11 Å². The van der Waals surface area contributed by atoms with Gasteiger partial charge < -0.3 is 20.2 Å². The Hall–Kier alpha value is -3.77. The van der Waals surface area contributed by atoms with Gasteiger partial charge in [-0.2, -0.15) is 5.10 Å². The highest BCUT2D eigenvalue weighted by Crippen LogP contribution is 2.29. The number of benzene rings is 2. The molecule has 2 atom stereocenters. The zero-order valence-electron chi connectivity index (χ0n) is 22.2. The van der Waals surface area contributed by atoms with Crippen LogP contribution in [-0.2, 0) is 17.8 Å². The Morgan fingerprint density at radius 2 is 1.65 bits per heavy atom. The Morgan fingerprint density at radius 1 is 1.00 bits per heavy atom. The number of aromatic nitrogens is 2. The Labute approximate surface area is 228 Å². The molecule has 216 valence electrons. The standard InChI is InChI=1S/C28H31F4N3O5/c1-15(2)25-23(9-8-20(36)12-21(37)13-24(38)39)35(19-6-4-17(29)5-7-19)33-27(25)28(40)34(3)14-16-10-18(30)11-22(31)26(16)32/h4-7,10-11,15,20-21,36-37H,8-9,12-14H2,1-3H3,(H,38,39)/t20-,21-/m1/s1.